The van der Waals surface area contributed by atoms with Crippen molar-refractivity contribution in [2.75, 3.05) is 59.4 Å². The van der Waals surface area contributed by atoms with Gasteiger partial charge in [-0.05, 0) is 74.9 Å². The lowest BCUT2D eigenvalue weighted by Gasteiger charge is -2.50. The van der Waals surface area contributed by atoms with Crippen LogP contribution in [0.1, 0.15) is 73.2 Å². The van der Waals surface area contributed by atoms with E-state index in [0.717, 1.165) is 64.0 Å². The van der Waals surface area contributed by atoms with Crippen molar-refractivity contribution in [1.29, 1.82) is 0 Å². The third-order valence-corrected chi connectivity index (χ3v) is 11.2. The van der Waals surface area contributed by atoms with Crippen molar-refractivity contribution < 1.29 is 49.2 Å². The molecule has 0 spiro atoms. The second kappa shape index (κ2) is 19.4. The number of hydrogen-bond donors (Lipinski definition) is 5. The number of carbonyl (C=O) groups excluding carboxylic acids is 3. The Balaban J connectivity index is 0.000000444. The van der Waals surface area contributed by atoms with Gasteiger partial charge in [0.25, 0.3) is 5.91 Å². The number of rotatable bonds is 14. The molecule has 3 aliphatic rings. The summed E-state index contributed by atoms with van der Waals surface area (Å²) in [5.74, 6) is -4.88. The molecule has 0 aromatic heterocycles. The van der Waals surface area contributed by atoms with E-state index in [-0.39, 0.29) is 23.8 Å². The standard InChI is InChI=1S/C32H41Cl2N5O3.C6H8O7/c1-36(29(40)24-8-3-2-4-9-24)23-26(25-10-11-27(33)28(34)22-25)12-19-37-20-13-32(14-21-37,30(41)38-16-5-6-17-38)39-18-7-15-35-31(39)42;7-3(8)1-6(13,5(11)12)2-4(9)10/h2-4,8-11,22,26H,5-7,12-21,23H2,1H3,(H,35,42);13H,1-2H2,(H,7,8)(H,9,10)(H,11,12)/t26-;/m1./s1. The van der Waals surface area contributed by atoms with Gasteiger partial charge >= 0.3 is 23.9 Å². The average molecular weight is 807 g/mol. The van der Waals surface area contributed by atoms with E-state index >= 15 is 0 Å². The van der Waals surface area contributed by atoms with Crippen molar-refractivity contribution in [2.45, 2.75) is 68.4 Å². The van der Waals surface area contributed by atoms with Gasteiger partial charge in [-0.2, -0.15) is 0 Å². The second-order valence-electron chi connectivity index (χ2n) is 14.3. The number of carboxylic acid groups (broad SMARTS) is 3. The molecule has 4 amide bonds. The normalized spacial score (nSPS) is 17.7. The van der Waals surface area contributed by atoms with Gasteiger partial charge in [-0.15, -0.1) is 0 Å². The van der Waals surface area contributed by atoms with Crippen LogP contribution in [0.4, 0.5) is 4.79 Å². The number of benzene rings is 2. The number of hydrogen-bond acceptors (Lipinski definition) is 8. The number of nitrogens with one attached hydrogen (secondary N) is 1. The fourth-order valence-electron chi connectivity index (χ4n) is 7.39. The smallest absolute Gasteiger partial charge is 0.336 e. The summed E-state index contributed by atoms with van der Waals surface area (Å²) in [5.41, 5.74) is -1.82. The first-order valence-electron chi connectivity index (χ1n) is 18.3. The lowest BCUT2D eigenvalue weighted by Crippen LogP contribution is -2.68. The van der Waals surface area contributed by atoms with Crippen LogP contribution in [-0.2, 0) is 19.2 Å². The van der Waals surface area contributed by atoms with E-state index in [0.29, 0.717) is 48.1 Å². The molecule has 300 valence electrons. The summed E-state index contributed by atoms with van der Waals surface area (Å²) in [6, 6.07) is 14.9. The van der Waals surface area contributed by atoms with Gasteiger partial charge in [0.15, 0.2) is 5.60 Å². The minimum absolute atomic E-state index is 0.0244. The number of likely N-dealkylation sites (tertiary alicyclic amines) is 2. The van der Waals surface area contributed by atoms with Crippen molar-refractivity contribution in [1.82, 2.24) is 24.9 Å². The summed E-state index contributed by atoms with van der Waals surface area (Å²) in [7, 11) is 1.84. The Morgan fingerprint density at radius 1 is 0.873 bits per heavy atom. The van der Waals surface area contributed by atoms with Gasteiger partial charge in [0.2, 0.25) is 5.91 Å². The number of carboxylic acids is 3. The van der Waals surface area contributed by atoms with Crippen molar-refractivity contribution in [3.8, 4) is 0 Å². The Labute approximate surface area is 329 Å². The van der Waals surface area contributed by atoms with Gasteiger partial charge in [0.1, 0.15) is 5.54 Å². The molecule has 0 aliphatic carbocycles. The highest BCUT2D eigenvalue weighted by Gasteiger charge is 2.51. The van der Waals surface area contributed by atoms with E-state index in [1.165, 1.54) is 0 Å². The maximum Gasteiger partial charge on any atom is 0.336 e. The first kappa shape index (κ1) is 43.3. The van der Waals surface area contributed by atoms with Crippen LogP contribution in [0.15, 0.2) is 48.5 Å². The lowest BCUT2D eigenvalue weighted by molar-refractivity contribution is -0.170. The van der Waals surface area contributed by atoms with Gasteiger partial charge in [-0.3, -0.25) is 19.2 Å². The monoisotopic (exact) mass is 805 g/mol. The van der Waals surface area contributed by atoms with Gasteiger partial charge in [0, 0.05) is 64.3 Å². The molecular weight excluding hydrogens is 757 g/mol. The fourth-order valence-corrected chi connectivity index (χ4v) is 7.70. The highest BCUT2D eigenvalue weighted by molar-refractivity contribution is 6.42. The molecule has 3 saturated heterocycles. The van der Waals surface area contributed by atoms with Crippen molar-refractivity contribution in [3.63, 3.8) is 0 Å². The third-order valence-electron chi connectivity index (χ3n) is 10.4. The molecule has 5 N–H and O–H groups in total. The van der Waals surface area contributed by atoms with E-state index in [2.05, 4.69) is 10.2 Å². The van der Waals surface area contributed by atoms with Gasteiger partial charge in [-0.25, -0.2) is 9.59 Å². The van der Waals surface area contributed by atoms with E-state index in [1.807, 2.05) is 65.4 Å². The Bertz CT molecular complexity index is 1680. The summed E-state index contributed by atoms with van der Waals surface area (Å²) in [5, 5.41) is 37.8. The zero-order valence-corrected chi connectivity index (χ0v) is 32.3. The number of urea groups is 1. The predicted molar refractivity (Wildman–Crippen MR) is 203 cm³/mol. The van der Waals surface area contributed by atoms with Crippen LogP contribution in [0, 0.1) is 0 Å². The van der Waals surface area contributed by atoms with Crippen molar-refractivity contribution in [3.05, 3.63) is 69.7 Å². The molecular formula is C38H49Cl2N5O10. The fraction of sp³-hybridized carbons (Fsp3) is 0.526. The molecule has 3 heterocycles. The predicted octanol–water partition coefficient (Wildman–Crippen LogP) is 3.86. The second-order valence-corrected chi connectivity index (χ2v) is 15.1. The Hall–Kier alpha value is -4.44. The maximum atomic E-state index is 13.9. The number of carbonyl (C=O) groups is 6. The molecule has 0 unspecified atom stereocenters. The van der Waals surface area contributed by atoms with Gasteiger partial charge in [0.05, 0.1) is 22.9 Å². The molecule has 3 fully saturated rings. The Morgan fingerprint density at radius 3 is 2.04 bits per heavy atom. The van der Waals surface area contributed by atoms with Crippen LogP contribution in [0.2, 0.25) is 10.0 Å². The molecule has 17 heteroatoms. The molecule has 15 nitrogen and oxygen atoms in total. The summed E-state index contributed by atoms with van der Waals surface area (Å²) >= 11 is 12.6. The molecule has 2 aromatic carbocycles. The summed E-state index contributed by atoms with van der Waals surface area (Å²) < 4.78 is 0. The Morgan fingerprint density at radius 2 is 1.49 bits per heavy atom. The van der Waals surface area contributed by atoms with Crippen molar-refractivity contribution in [2.24, 2.45) is 0 Å². The number of halogens is 2. The summed E-state index contributed by atoms with van der Waals surface area (Å²) in [4.78, 5) is 78.5. The molecule has 55 heavy (non-hydrogen) atoms. The Kier molecular flexibility index (Phi) is 15.3. The molecule has 0 bridgehead atoms. The van der Waals surface area contributed by atoms with E-state index in [9.17, 15) is 28.8 Å². The quantitative estimate of drug-likeness (QED) is 0.185. The topological polar surface area (TPSA) is 208 Å². The first-order valence-corrected chi connectivity index (χ1v) is 19.0. The van der Waals surface area contributed by atoms with E-state index in [4.69, 9.17) is 43.6 Å². The number of likely N-dealkylation sites (N-methyl/N-ethyl adjacent to an activating group) is 1. The SMILES string of the molecule is CN(C[C@@H](CCN1CCC(C(=O)N2CCCC2)(N2CCCNC2=O)CC1)c1ccc(Cl)c(Cl)c1)C(=O)c1ccccc1.O=C(O)CC(O)(CC(=O)O)C(=O)O. The van der Waals surface area contributed by atoms with Crippen LogP contribution in [0.25, 0.3) is 0 Å². The van der Waals surface area contributed by atoms with Crippen molar-refractivity contribution >= 4 is 59.0 Å². The lowest BCUT2D eigenvalue weighted by atomic mass is 9.83. The van der Waals surface area contributed by atoms with Gasteiger partial charge < -0.3 is 45.3 Å². The third kappa shape index (κ3) is 11.3. The van der Waals surface area contributed by atoms with Crippen LogP contribution < -0.4 is 5.32 Å². The molecule has 2 aromatic rings. The minimum Gasteiger partial charge on any atom is -0.481 e. The highest BCUT2D eigenvalue weighted by Crippen LogP contribution is 2.35. The largest absolute Gasteiger partial charge is 0.481 e. The zero-order chi connectivity index (χ0) is 40.3. The highest BCUT2D eigenvalue weighted by atomic mass is 35.5. The number of amides is 4. The van der Waals surface area contributed by atoms with E-state index in [1.54, 1.807) is 4.90 Å². The molecule has 1 atom stereocenters. The van der Waals surface area contributed by atoms with Crippen LogP contribution in [0.3, 0.4) is 0 Å². The zero-order valence-electron chi connectivity index (χ0n) is 30.8. The minimum atomic E-state index is -2.74. The molecule has 0 radical (unpaired) electrons. The summed E-state index contributed by atoms with van der Waals surface area (Å²) in [6.07, 6.45) is 2.67. The molecule has 0 saturated carbocycles. The maximum absolute atomic E-state index is 13.9. The number of aliphatic carboxylic acids is 3. The number of nitrogens with zero attached hydrogens (tertiary/aromatic N) is 4. The number of piperidine rings is 1. The molecule has 5 rings (SSSR count). The van der Waals surface area contributed by atoms with Crippen LogP contribution in [-0.4, -0.2) is 146 Å². The van der Waals surface area contributed by atoms with Gasteiger partial charge in [-0.1, -0.05) is 47.5 Å². The van der Waals surface area contributed by atoms with Crippen LogP contribution >= 0.6 is 23.2 Å². The first-order chi connectivity index (χ1) is 26.1. The van der Waals surface area contributed by atoms with Crippen LogP contribution in [0.5, 0.6) is 0 Å². The van der Waals surface area contributed by atoms with E-state index < -0.39 is 41.9 Å². The average Bonchev–Trinajstić information content (AvgIpc) is 3.69. The number of aliphatic hydroxyl groups is 1. The molecule has 3 aliphatic heterocycles. The summed E-state index contributed by atoms with van der Waals surface area (Å²) in [6.45, 7) is 5.63.